The number of benzene rings is 2. The highest BCUT2D eigenvalue weighted by molar-refractivity contribution is 7.15. The number of carbonyl (C=O) groups excluding carboxylic acids is 1. The minimum Gasteiger partial charge on any atom is -0.447 e. The molecule has 4 aromatic rings. The molecule has 0 saturated carbocycles. The topological polar surface area (TPSA) is 133 Å². The molecule has 4 heterocycles. The van der Waals surface area contributed by atoms with Crippen molar-refractivity contribution >= 4 is 34.0 Å². The van der Waals surface area contributed by atoms with Gasteiger partial charge < -0.3 is 20.1 Å². The molecule has 2 fully saturated rings. The van der Waals surface area contributed by atoms with E-state index < -0.39 is 5.60 Å². The first kappa shape index (κ1) is 28.4. The van der Waals surface area contributed by atoms with Gasteiger partial charge in [0.25, 0.3) is 5.56 Å². The van der Waals surface area contributed by atoms with E-state index in [1.165, 1.54) is 11.3 Å². The summed E-state index contributed by atoms with van der Waals surface area (Å²) >= 11 is 1.40. The van der Waals surface area contributed by atoms with Crippen LogP contribution in [-0.2, 0) is 11.3 Å². The summed E-state index contributed by atoms with van der Waals surface area (Å²) < 4.78 is 6.89. The predicted octanol–water partition coefficient (Wildman–Crippen LogP) is 4.27. The highest BCUT2D eigenvalue weighted by Crippen LogP contribution is 2.36. The van der Waals surface area contributed by atoms with Crippen molar-refractivity contribution < 1.29 is 14.6 Å². The van der Waals surface area contributed by atoms with Gasteiger partial charge in [-0.3, -0.25) is 9.36 Å². The van der Waals surface area contributed by atoms with Crippen LogP contribution in [0.2, 0.25) is 0 Å². The van der Waals surface area contributed by atoms with E-state index in [1.807, 2.05) is 31.2 Å². The lowest BCUT2D eigenvalue weighted by Gasteiger charge is -2.33. The number of rotatable bonds is 5. The number of hydrogen-bond acceptors (Lipinski definition) is 9. The standard InChI is InChI=1S/C32H30N6O4S/c1-19-35-28-13-25(29-34-16-24(43-29)8-10-32(2,3)41)27(36-22-9-11-37-23(12-22)18-42-31(37)40)14-26(28)30(39)38(19)17-21-6-4-20(15-33)5-7-21/h4-7,13-14,16,22-23,36,41H,9,11-12,17-18H2,1-3H3/t22-,23-/m0/s1. The molecule has 2 aliphatic heterocycles. The van der Waals surface area contributed by atoms with Gasteiger partial charge in [-0.05, 0) is 63.4 Å². The monoisotopic (exact) mass is 594 g/mol. The second-order valence-electron chi connectivity index (χ2n) is 11.4. The average Bonchev–Trinajstić information content (AvgIpc) is 3.61. The van der Waals surface area contributed by atoms with Gasteiger partial charge in [-0.15, -0.1) is 11.3 Å². The van der Waals surface area contributed by atoms with Crippen LogP contribution in [0.1, 0.15) is 48.5 Å². The number of piperidine rings is 1. The van der Waals surface area contributed by atoms with Gasteiger partial charge in [0.1, 0.15) is 23.0 Å². The molecule has 10 nitrogen and oxygen atoms in total. The first-order chi connectivity index (χ1) is 20.6. The van der Waals surface area contributed by atoms with Crippen molar-refractivity contribution in [1.82, 2.24) is 19.4 Å². The smallest absolute Gasteiger partial charge is 0.410 e. The number of thiazole rings is 1. The highest BCUT2D eigenvalue weighted by Gasteiger charge is 2.38. The lowest BCUT2D eigenvalue weighted by atomic mass is 9.97. The van der Waals surface area contributed by atoms with Crippen LogP contribution in [0, 0.1) is 30.1 Å². The molecule has 0 radical (unpaired) electrons. The number of nitrogens with one attached hydrogen (secondary N) is 1. The van der Waals surface area contributed by atoms with E-state index in [0.717, 1.165) is 29.7 Å². The number of nitriles is 1. The van der Waals surface area contributed by atoms with E-state index in [0.29, 0.717) is 51.9 Å². The normalized spacial score (nSPS) is 18.0. The molecule has 2 saturated heterocycles. The molecule has 2 aromatic heterocycles. The van der Waals surface area contributed by atoms with Crippen LogP contribution in [0.3, 0.4) is 0 Å². The first-order valence-electron chi connectivity index (χ1n) is 14.0. The van der Waals surface area contributed by atoms with E-state index in [2.05, 4.69) is 28.2 Å². The van der Waals surface area contributed by atoms with Gasteiger partial charge in [0.15, 0.2) is 0 Å². The van der Waals surface area contributed by atoms with Gasteiger partial charge in [0, 0.05) is 23.8 Å². The number of anilines is 1. The number of aromatic nitrogens is 3. The largest absolute Gasteiger partial charge is 0.447 e. The van der Waals surface area contributed by atoms with E-state index in [-0.39, 0.29) is 23.7 Å². The quantitative estimate of drug-likeness (QED) is 0.328. The average molecular weight is 595 g/mol. The third kappa shape index (κ3) is 5.96. The number of fused-ring (bicyclic) bond motifs is 2. The number of aliphatic hydroxyl groups is 1. The Morgan fingerprint density at radius 1 is 1.23 bits per heavy atom. The fraction of sp³-hybridized carbons (Fsp3) is 0.344. The molecule has 0 spiro atoms. The van der Waals surface area contributed by atoms with E-state index in [9.17, 15) is 14.7 Å². The SMILES string of the molecule is Cc1nc2cc(-c3ncc(C#CC(C)(C)O)s3)c(N[C@H]3CCN4C(=O)OC[C@@H]4C3)cc2c(=O)n1Cc1ccc(C#N)cc1. The van der Waals surface area contributed by atoms with Crippen LogP contribution < -0.4 is 10.9 Å². The molecule has 6 rings (SSSR count). The lowest BCUT2D eigenvalue weighted by Crippen LogP contribution is -2.45. The minimum absolute atomic E-state index is 0.0141. The number of amides is 1. The summed E-state index contributed by atoms with van der Waals surface area (Å²) in [4.78, 5) is 37.8. The fourth-order valence-electron chi connectivity index (χ4n) is 5.45. The Balaban J connectivity index is 1.41. The summed E-state index contributed by atoms with van der Waals surface area (Å²) in [5.74, 6) is 6.40. The minimum atomic E-state index is -1.13. The Kier molecular flexibility index (Phi) is 7.38. The number of carbonyl (C=O) groups is 1. The van der Waals surface area contributed by atoms with Crippen molar-refractivity contribution in [3.8, 4) is 28.5 Å². The molecular weight excluding hydrogens is 564 g/mol. The summed E-state index contributed by atoms with van der Waals surface area (Å²) in [6.07, 6.45) is 2.87. The Hall–Kier alpha value is -4.71. The Labute approximate surface area is 252 Å². The van der Waals surface area contributed by atoms with Crippen molar-refractivity contribution in [2.45, 2.75) is 57.8 Å². The van der Waals surface area contributed by atoms with Crippen LogP contribution in [0.15, 0.2) is 47.4 Å². The summed E-state index contributed by atoms with van der Waals surface area (Å²) in [7, 11) is 0. The molecule has 2 aliphatic rings. The Morgan fingerprint density at radius 2 is 2.02 bits per heavy atom. The van der Waals surface area contributed by atoms with Crippen LogP contribution in [-0.4, -0.2) is 61.5 Å². The van der Waals surface area contributed by atoms with Crippen LogP contribution >= 0.6 is 11.3 Å². The van der Waals surface area contributed by atoms with E-state index in [1.54, 1.807) is 41.6 Å². The zero-order chi connectivity index (χ0) is 30.3. The molecule has 11 heteroatoms. The first-order valence-corrected chi connectivity index (χ1v) is 14.9. The number of hydrogen-bond donors (Lipinski definition) is 2. The molecular formula is C32H30N6O4S. The van der Waals surface area contributed by atoms with Crippen molar-refractivity contribution in [3.63, 3.8) is 0 Å². The van der Waals surface area contributed by atoms with Gasteiger partial charge in [-0.2, -0.15) is 5.26 Å². The summed E-state index contributed by atoms with van der Waals surface area (Å²) in [5, 5.41) is 24.0. The maximum atomic E-state index is 13.9. The second kappa shape index (κ2) is 11.2. The van der Waals surface area contributed by atoms with Crippen molar-refractivity contribution in [2.24, 2.45) is 0 Å². The molecule has 0 bridgehead atoms. The molecule has 218 valence electrons. The second-order valence-corrected chi connectivity index (χ2v) is 12.4. The van der Waals surface area contributed by atoms with Crippen LogP contribution in [0.25, 0.3) is 21.5 Å². The predicted molar refractivity (Wildman–Crippen MR) is 164 cm³/mol. The number of aryl methyl sites for hydroxylation is 1. The summed E-state index contributed by atoms with van der Waals surface area (Å²) in [5.41, 5.74) is 2.27. The number of nitrogens with zero attached hydrogens (tertiary/aromatic N) is 5. The van der Waals surface area contributed by atoms with E-state index >= 15 is 0 Å². The molecule has 2 N–H and O–H groups in total. The van der Waals surface area contributed by atoms with Gasteiger partial charge in [0.05, 0.1) is 46.2 Å². The van der Waals surface area contributed by atoms with Crippen LogP contribution in [0.4, 0.5) is 10.5 Å². The third-order valence-electron chi connectivity index (χ3n) is 7.64. The molecule has 2 aromatic carbocycles. The van der Waals surface area contributed by atoms with Gasteiger partial charge in [0.2, 0.25) is 0 Å². The third-order valence-corrected chi connectivity index (χ3v) is 8.59. The molecule has 0 unspecified atom stereocenters. The van der Waals surface area contributed by atoms with Gasteiger partial charge in [-0.1, -0.05) is 24.0 Å². The lowest BCUT2D eigenvalue weighted by molar-refractivity contribution is 0.143. The molecule has 2 atom stereocenters. The van der Waals surface area contributed by atoms with Crippen molar-refractivity contribution in [3.05, 3.63) is 74.8 Å². The fourth-order valence-corrected chi connectivity index (χ4v) is 6.25. The molecule has 0 aliphatic carbocycles. The number of cyclic esters (lactones) is 1. The van der Waals surface area contributed by atoms with Gasteiger partial charge in [-0.25, -0.2) is 14.8 Å². The van der Waals surface area contributed by atoms with Gasteiger partial charge >= 0.3 is 6.09 Å². The highest BCUT2D eigenvalue weighted by atomic mass is 32.1. The maximum absolute atomic E-state index is 13.9. The summed E-state index contributed by atoms with van der Waals surface area (Å²) in [6, 6.07) is 13.1. The van der Waals surface area contributed by atoms with E-state index in [4.69, 9.17) is 15.0 Å². The Morgan fingerprint density at radius 3 is 2.77 bits per heavy atom. The van der Waals surface area contributed by atoms with Crippen molar-refractivity contribution in [1.29, 1.82) is 5.26 Å². The Bertz CT molecular complexity index is 1890. The van der Waals surface area contributed by atoms with Crippen LogP contribution in [0.5, 0.6) is 0 Å². The summed E-state index contributed by atoms with van der Waals surface area (Å²) in [6.45, 7) is 6.36. The number of ether oxygens (including phenoxy) is 1. The van der Waals surface area contributed by atoms with Crippen molar-refractivity contribution in [2.75, 3.05) is 18.5 Å². The zero-order valence-electron chi connectivity index (χ0n) is 24.0. The molecule has 43 heavy (non-hydrogen) atoms. The molecule has 1 amide bonds. The zero-order valence-corrected chi connectivity index (χ0v) is 24.9. The maximum Gasteiger partial charge on any atom is 0.410 e.